The highest BCUT2D eigenvalue weighted by Gasteiger charge is 2.40. The molecule has 0 fully saturated rings. The van der Waals surface area contributed by atoms with Gasteiger partial charge in [0.2, 0.25) is 0 Å². The topological polar surface area (TPSA) is 151 Å². The Hall–Kier alpha value is -4.40. The van der Waals surface area contributed by atoms with Crippen LogP contribution in [0.1, 0.15) is 28.2 Å². The molecule has 36 heavy (non-hydrogen) atoms. The number of phenols is 5. The molecule has 8 heteroatoms. The minimum Gasteiger partial charge on any atom is -0.508 e. The zero-order valence-corrected chi connectivity index (χ0v) is 18.9. The van der Waals surface area contributed by atoms with Crippen molar-refractivity contribution in [1.29, 1.82) is 0 Å². The van der Waals surface area contributed by atoms with Gasteiger partial charge in [-0.2, -0.15) is 0 Å². The van der Waals surface area contributed by atoms with Gasteiger partial charge in [0.05, 0.1) is 5.92 Å². The van der Waals surface area contributed by atoms with Crippen molar-refractivity contribution in [3.63, 3.8) is 0 Å². The van der Waals surface area contributed by atoms with E-state index >= 15 is 0 Å². The van der Waals surface area contributed by atoms with Crippen molar-refractivity contribution < 1.29 is 40.5 Å². The molecule has 0 aromatic heterocycles. The number of ether oxygens (including phenoxy) is 1. The molecule has 7 N–H and O–H groups in total. The van der Waals surface area contributed by atoms with Gasteiger partial charge in [0, 0.05) is 17.7 Å². The second-order valence-corrected chi connectivity index (χ2v) is 8.83. The summed E-state index contributed by atoms with van der Waals surface area (Å²) < 4.78 is 6.24. The van der Waals surface area contributed by atoms with E-state index in [0.717, 1.165) is 0 Å². The lowest BCUT2D eigenvalue weighted by molar-refractivity contribution is 0.0772. The highest BCUT2D eigenvalue weighted by Crippen LogP contribution is 2.50. The van der Waals surface area contributed by atoms with Gasteiger partial charge in [-0.1, -0.05) is 30.4 Å². The van der Waals surface area contributed by atoms with Crippen molar-refractivity contribution in [3.8, 4) is 34.5 Å². The van der Waals surface area contributed by atoms with Crippen molar-refractivity contribution in [2.75, 3.05) is 0 Å². The summed E-state index contributed by atoms with van der Waals surface area (Å²) in [6, 6.07) is 11.6. The molecule has 0 saturated carbocycles. The van der Waals surface area contributed by atoms with Crippen LogP contribution < -0.4 is 4.74 Å². The second-order valence-electron chi connectivity index (χ2n) is 8.83. The molecule has 0 bridgehead atoms. The fourth-order valence-corrected chi connectivity index (χ4v) is 4.65. The average molecular weight is 488 g/mol. The number of hydrogen-bond acceptors (Lipinski definition) is 8. The van der Waals surface area contributed by atoms with E-state index < -0.39 is 24.2 Å². The first-order valence-corrected chi connectivity index (χ1v) is 11.2. The number of hydrogen-bond donors (Lipinski definition) is 7. The van der Waals surface area contributed by atoms with E-state index in [4.69, 9.17) is 4.74 Å². The molecule has 3 aromatic rings. The maximum absolute atomic E-state index is 10.4. The van der Waals surface area contributed by atoms with Gasteiger partial charge in [0.15, 0.2) is 11.5 Å². The predicted molar refractivity (Wildman–Crippen MR) is 132 cm³/mol. The zero-order chi connectivity index (χ0) is 25.6. The minimum absolute atomic E-state index is 0.0521. The Bertz CT molecular complexity index is 1400. The van der Waals surface area contributed by atoms with Crippen LogP contribution in [0, 0.1) is 0 Å². The van der Waals surface area contributed by atoms with E-state index in [9.17, 15) is 35.7 Å². The molecule has 0 spiro atoms. The summed E-state index contributed by atoms with van der Waals surface area (Å²) in [5, 5.41) is 70.3. The Labute approximate surface area is 206 Å². The summed E-state index contributed by atoms with van der Waals surface area (Å²) in [6.45, 7) is 0. The molecule has 0 radical (unpaired) electrons. The van der Waals surface area contributed by atoms with Gasteiger partial charge in [0.25, 0.3) is 0 Å². The van der Waals surface area contributed by atoms with Crippen LogP contribution in [0.4, 0.5) is 0 Å². The molecule has 5 rings (SSSR count). The van der Waals surface area contributed by atoms with Crippen LogP contribution in [0.25, 0.3) is 12.2 Å². The molecular weight excluding hydrogens is 464 g/mol. The van der Waals surface area contributed by atoms with Gasteiger partial charge >= 0.3 is 0 Å². The third-order valence-electron chi connectivity index (χ3n) is 6.29. The molecule has 1 heterocycles. The average Bonchev–Trinajstić information content (AvgIpc) is 3.20. The summed E-state index contributed by atoms with van der Waals surface area (Å²) in [5.74, 6) is -1.05. The van der Waals surface area contributed by atoms with E-state index in [1.807, 2.05) is 0 Å². The van der Waals surface area contributed by atoms with Crippen LogP contribution in [-0.4, -0.2) is 54.1 Å². The Kier molecular flexibility index (Phi) is 5.83. The van der Waals surface area contributed by atoms with Crippen LogP contribution in [0.5, 0.6) is 34.5 Å². The van der Waals surface area contributed by atoms with Crippen molar-refractivity contribution in [3.05, 3.63) is 94.6 Å². The number of rotatable bonds is 4. The van der Waals surface area contributed by atoms with E-state index in [1.165, 1.54) is 48.6 Å². The fourth-order valence-electron chi connectivity index (χ4n) is 4.65. The summed E-state index contributed by atoms with van der Waals surface area (Å²) in [5.41, 5.74) is 2.95. The summed E-state index contributed by atoms with van der Waals surface area (Å²) in [4.78, 5) is 0. The molecule has 1 aliphatic carbocycles. The lowest BCUT2D eigenvalue weighted by Gasteiger charge is -2.25. The molecule has 184 valence electrons. The Morgan fingerprint density at radius 1 is 0.722 bits per heavy atom. The van der Waals surface area contributed by atoms with Gasteiger partial charge in [0.1, 0.15) is 41.3 Å². The lowest BCUT2D eigenvalue weighted by Crippen LogP contribution is -2.29. The zero-order valence-electron chi connectivity index (χ0n) is 18.9. The Morgan fingerprint density at radius 2 is 1.44 bits per heavy atom. The fraction of sp³-hybridized carbons (Fsp3) is 0.143. The van der Waals surface area contributed by atoms with Gasteiger partial charge in [-0.05, 0) is 58.7 Å². The van der Waals surface area contributed by atoms with Crippen molar-refractivity contribution in [2.24, 2.45) is 0 Å². The number of aromatic hydroxyl groups is 5. The molecule has 2 aliphatic rings. The van der Waals surface area contributed by atoms with Gasteiger partial charge in [-0.15, -0.1) is 0 Å². The van der Waals surface area contributed by atoms with Crippen LogP contribution in [0.3, 0.4) is 0 Å². The van der Waals surface area contributed by atoms with Crippen LogP contribution in [0.2, 0.25) is 0 Å². The first-order valence-electron chi connectivity index (χ1n) is 11.2. The molecule has 1 aliphatic heterocycles. The normalized spacial score (nSPS) is 22.9. The third-order valence-corrected chi connectivity index (χ3v) is 6.29. The largest absolute Gasteiger partial charge is 0.508 e. The smallest absolute Gasteiger partial charge is 0.157 e. The maximum Gasteiger partial charge on any atom is 0.157 e. The Morgan fingerprint density at radius 3 is 2.14 bits per heavy atom. The van der Waals surface area contributed by atoms with Crippen molar-refractivity contribution in [2.45, 2.75) is 24.2 Å². The number of aliphatic hydroxyl groups excluding tert-OH is 2. The second kappa shape index (κ2) is 8.99. The monoisotopic (exact) mass is 488 g/mol. The standard InChI is InChI=1S/C28H24O8/c29-18-9-17(10-19(30)12-18)27-26-15(3-1-14-2-5-21(32)23(34)7-14)8-20(31)13-25(26)36-28(27)16-4-6-22(33)24(35)11-16/h1-13,22,24,27-35H/b3-1+. The lowest BCUT2D eigenvalue weighted by atomic mass is 9.81. The molecule has 0 amide bonds. The molecule has 0 saturated heterocycles. The minimum atomic E-state index is -1.13. The molecule has 4 atom stereocenters. The van der Waals surface area contributed by atoms with Crippen LogP contribution in [-0.2, 0) is 0 Å². The highest BCUT2D eigenvalue weighted by atomic mass is 16.5. The van der Waals surface area contributed by atoms with Gasteiger partial charge in [-0.3, -0.25) is 0 Å². The van der Waals surface area contributed by atoms with Crippen LogP contribution >= 0.6 is 0 Å². The third kappa shape index (κ3) is 4.35. The SMILES string of the molecule is Oc1cc(O)cc(C2c3c(/C=C/c4ccc(O)c(O)c4)cc(O)cc3OC2C2=CC(O)C(O)C=C2)c1. The van der Waals surface area contributed by atoms with E-state index in [1.54, 1.807) is 30.4 Å². The number of phenolic OH excluding ortho intramolecular Hbond substituents is 5. The van der Waals surface area contributed by atoms with E-state index in [2.05, 4.69) is 0 Å². The number of benzene rings is 3. The molecule has 3 aromatic carbocycles. The predicted octanol–water partition coefficient (Wildman–Crippen LogP) is 3.50. The van der Waals surface area contributed by atoms with E-state index in [-0.39, 0.29) is 28.7 Å². The van der Waals surface area contributed by atoms with Gasteiger partial charge < -0.3 is 40.5 Å². The van der Waals surface area contributed by atoms with Crippen LogP contribution in [0.15, 0.2) is 72.3 Å². The first-order chi connectivity index (χ1) is 17.2. The van der Waals surface area contributed by atoms with Gasteiger partial charge in [-0.25, -0.2) is 0 Å². The van der Waals surface area contributed by atoms with Crippen molar-refractivity contribution >= 4 is 12.2 Å². The highest BCUT2D eigenvalue weighted by molar-refractivity contribution is 5.76. The quantitative estimate of drug-likeness (QED) is 0.218. The van der Waals surface area contributed by atoms with E-state index in [0.29, 0.717) is 33.6 Å². The first kappa shape index (κ1) is 23.3. The number of fused-ring (bicyclic) bond motifs is 1. The number of aliphatic hydroxyl groups is 2. The van der Waals surface area contributed by atoms with Crippen molar-refractivity contribution in [1.82, 2.24) is 0 Å². The maximum atomic E-state index is 10.4. The molecule has 8 nitrogen and oxygen atoms in total. The Balaban J connectivity index is 1.65. The summed E-state index contributed by atoms with van der Waals surface area (Å²) >= 11 is 0. The molecular formula is C28H24O8. The summed E-state index contributed by atoms with van der Waals surface area (Å²) in [6.07, 6.45) is 5.12. The molecule has 4 unspecified atom stereocenters. The summed E-state index contributed by atoms with van der Waals surface area (Å²) in [7, 11) is 0.